The summed E-state index contributed by atoms with van der Waals surface area (Å²) in [5.41, 5.74) is 1.09. The Morgan fingerprint density at radius 3 is 2.54 bits per heavy atom. The summed E-state index contributed by atoms with van der Waals surface area (Å²) in [7, 11) is -2.95. The Balaban J connectivity index is 2.51. The number of nitro benzene ring substituents is 1. The number of methoxy groups -OCH3 is 1. The average Bonchev–Trinajstić information content (AvgIpc) is 2.62. The lowest BCUT2D eigenvalue weighted by Gasteiger charge is -2.20. The smallest absolute Gasteiger partial charge is 0.307 e. The highest BCUT2D eigenvalue weighted by atomic mass is 79.9. The second-order valence-electron chi connectivity index (χ2n) is 6.15. The van der Waals surface area contributed by atoms with Gasteiger partial charge in [-0.1, -0.05) is 28.1 Å². The predicted octanol–water partition coefficient (Wildman–Crippen LogP) is 3.56. The fraction of sp³-hybridized carbons (Fsp3) is 0.278. The number of ether oxygens (including phenoxy) is 1. The van der Waals surface area contributed by atoms with Gasteiger partial charge in [0.15, 0.2) is 0 Å². The maximum absolute atomic E-state index is 13.0. The summed E-state index contributed by atoms with van der Waals surface area (Å²) >= 11 is 3.32. The van der Waals surface area contributed by atoms with Gasteiger partial charge in [-0.15, -0.1) is 0 Å². The molecular formula is C18H19BrN2O6S. The van der Waals surface area contributed by atoms with Crippen molar-refractivity contribution in [3.63, 3.8) is 0 Å². The van der Waals surface area contributed by atoms with E-state index in [4.69, 9.17) is 0 Å². The first-order valence-electron chi connectivity index (χ1n) is 8.15. The molecule has 0 spiro atoms. The molecule has 0 aliphatic rings. The van der Waals surface area contributed by atoms with Crippen LogP contribution in [0.1, 0.15) is 29.2 Å². The van der Waals surface area contributed by atoms with Crippen molar-refractivity contribution >= 4 is 37.6 Å². The molecule has 0 saturated carbocycles. The molecule has 2 aromatic rings. The number of halogens is 1. The van der Waals surface area contributed by atoms with Gasteiger partial charge < -0.3 is 4.74 Å². The lowest BCUT2D eigenvalue weighted by Crippen LogP contribution is -2.31. The van der Waals surface area contributed by atoms with E-state index >= 15 is 0 Å². The molecule has 0 fully saturated rings. The van der Waals surface area contributed by atoms with Gasteiger partial charge in [-0.05, 0) is 42.7 Å². The summed E-state index contributed by atoms with van der Waals surface area (Å²) in [6, 6.07) is 8.25. The topological polar surface area (TPSA) is 116 Å². The molecule has 0 unspecified atom stereocenters. The van der Waals surface area contributed by atoms with Crippen molar-refractivity contribution in [3.8, 4) is 0 Å². The summed E-state index contributed by atoms with van der Waals surface area (Å²) < 4.78 is 33.9. The third kappa shape index (κ3) is 5.15. The van der Waals surface area contributed by atoms with Crippen LogP contribution in [0.2, 0.25) is 0 Å². The Bertz CT molecular complexity index is 1020. The third-order valence-electron chi connectivity index (χ3n) is 4.25. The van der Waals surface area contributed by atoms with Gasteiger partial charge in [0.1, 0.15) is 0 Å². The largest absolute Gasteiger partial charge is 0.469 e. The second-order valence-corrected chi connectivity index (χ2v) is 8.75. The molecule has 0 aliphatic carbocycles. The van der Waals surface area contributed by atoms with Crippen LogP contribution in [0.15, 0.2) is 45.8 Å². The van der Waals surface area contributed by atoms with Crippen LogP contribution in [-0.2, 0) is 19.6 Å². The minimum Gasteiger partial charge on any atom is -0.469 e. The summed E-state index contributed by atoms with van der Waals surface area (Å²) in [5, 5.41) is 11.1. The van der Waals surface area contributed by atoms with E-state index in [1.54, 1.807) is 38.1 Å². The average molecular weight is 471 g/mol. The Hall–Kier alpha value is -2.30. The van der Waals surface area contributed by atoms with Crippen molar-refractivity contribution in [2.45, 2.75) is 31.2 Å². The van der Waals surface area contributed by atoms with Crippen molar-refractivity contribution in [1.82, 2.24) is 4.72 Å². The van der Waals surface area contributed by atoms with E-state index in [0.717, 1.165) is 6.07 Å². The molecule has 0 bridgehead atoms. The molecule has 1 N–H and O–H groups in total. The molecular weight excluding hydrogens is 452 g/mol. The Kier molecular flexibility index (Phi) is 6.91. The zero-order chi connectivity index (χ0) is 21.1. The van der Waals surface area contributed by atoms with Crippen LogP contribution >= 0.6 is 15.9 Å². The maximum atomic E-state index is 13.0. The van der Waals surface area contributed by atoms with E-state index < -0.39 is 27.0 Å². The van der Waals surface area contributed by atoms with Crippen LogP contribution in [0.4, 0.5) is 5.69 Å². The van der Waals surface area contributed by atoms with Gasteiger partial charge >= 0.3 is 5.97 Å². The molecule has 10 heteroatoms. The number of non-ortho nitro benzene ring substituents is 1. The number of rotatable bonds is 7. The van der Waals surface area contributed by atoms with Crippen LogP contribution in [0.3, 0.4) is 0 Å². The highest BCUT2D eigenvalue weighted by Gasteiger charge is 2.27. The van der Waals surface area contributed by atoms with Gasteiger partial charge in [-0.3, -0.25) is 14.9 Å². The molecule has 0 amide bonds. The van der Waals surface area contributed by atoms with Gasteiger partial charge in [0, 0.05) is 16.6 Å². The number of carbonyl (C=O) groups is 1. The van der Waals surface area contributed by atoms with E-state index in [2.05, 4.69) is 25.4 Å². The molecule has 2 aromatic carbocycles. The SMILES string of the molecule is COC(=O)C[C@@H](NS(=O)(=O)c1cc([N+](=O)[O-])cc(C)c1C)c1cccc(Br)c1. The molecule has 28 heavy (non-hydrogen) atoms. The molecule has 1 atom stereocenters. The number of aryl methyl sites for hydroxylation is 1. The van der Waals surface area contributed by atoms with Crippen molar-refractivity contribution < 1.29 is 22.9 Å². The highest BCUT2D eigenvalue weighted by Crippen LogP contribution is 2.28. The molecule has 150 valence electrons. The molecule has 8 nitrogen and oxygen atoms in total. The summed E-state index contributed by atoms with van der Waals surface area (Å²) in [5.74, 6) is -0.598. The van der Waals surface area contributed by atoms with Crippen LogP contribution in [-0.4, -0.2) is 26.4 Å². The van der Waals surface area contributed by atoms with E-state index in [1.807, 2.05) is 0 Å². The van der Waals surface area contributed by atoms with E-state index in [-0.39, 0.29) is 17.0 Å². The van der Waals surface area contributed by atoms with Gasteiger partial charge in [-0.2, -0.15) is 0 Å². The number of nitro groups is 1. The van der Waals surface area contributed by atoms with Gasteiger partial charge in [0.05, 0.1) is 29.4 Å². The maximum Gasteiger partial charge on any atom is 0.307 e. The predicted molar refractivity (Wildman–Crippen MR) is 106 cm³/mol. The molecule has 0 heterocycles. The zero-order valence-electron chi connectivity index (χ0n) is 15.4. The number of nitrogens with zero attached hydrogens (tertiary/aromatic N) is 1. The fourth-order valence-electron chi connectivity index (χ4n) is 2.64. The van der Waals surface area contributed by atoms with Crippen molar-refractivity contribution in [1.29, 1.82) is 0 Å². The summed E-state index contributed by atoms with van der Waals surface area (Å²) in [6.45, 7) is 3.17. The molecule has 2 rings (SSSR count). The number of nitrogens with one attached hydrogen (secondary N) is 1. The second kappa shape index (κ2) is 8.80. The van der Waals surface area contributed by atoms with E-state index in [9.17, 15) is 23.3 Å². The third-order valence-corrected chi connectivity index (χ3v) is 6.34. The first kappa shape index (κ1) is 22.0. The van der Waals surface area contributed by atoms with Crippen molar-refractivity contribution in [3.05, 3.63) is 67.7 Å². The Morgan fingerprint density at radius 2 is 1.96 bits per heavy atom. The van der Waals surface area contributed by atoms with Crippen molar-refractivity contribution in [2.75, 3.05) is 7.11 Å². The zero-order valence-corrected chi connectivity index (χ0v) is 17.8. The standard InChI is InChI=1S/C18H19BrN2O6S/c1-11-7-15(21(23)24)9-17(12(11)2)28(25,26)20-16(10-18(22)27-3)13-5-4-6-14(19)8-13/h4-9,16,20H,10H2,1-3H3/t16-/m1/s1. The van der Waals surface area contributed by atoms with Crippen LogP contribution in [0.25, 0.3) is 0 Å². The number of hydrogen-bond donors (Lipinski definition) is 1. The monoisotopic (exact) mass is 470 g/mol. The number of hydrogen-bond acceptors (Lipinski definition) is 6. The quantitative estimate of drug-likeness (QED) is 0.375. The minimum absolute atomic E-state index is 0.205. The molecule has 0 saturated heterocycles. The van der Waals surface area contributed by atoms with Gasteiger partial charge in [0.25, 0.3) is 5.69 Å². The molecule has 0 aromatic heterocycles. The normalized spacial score (nSPS) is 12.4. The number of sulfonamides is 1. The number of esters is 1. The summed E-state index contributed by atoms with van der Waals surface area (Å²) in [4.78, 5) is 22.1. The minimum atomic E-state index is -4.16. The molecule has 0 aliphatic heterocycles. The highest BCUT2D eigenvalue weighted by molar-refractivity contribution is 9.10. The number of carbonyl (C=O) groups excluding carboxylic acids is 1. The Labute approximate surface area is 171 Å². The number of benzene rings is 2. The molecule has 0 radical (unpaired) electrons. The van der Waals surface area contributed by atoms with Gasteiger partial charge in [0.2, 0.25) is 10.0 Å². The summed E-state index contributed by atoms with van der Waals surface area (Å²) in [6.07, 6.45) is -0.237. The van der Waals surface area contributed by atoms with E-state index in [0.29, 0.717) is 21.2 Å². The van der Waals surface area contributed by atoms with Gasteiger partial charge in [-0.25, -0.2) is 13.1 Å². The van der Waals surface area contributed by atoms with Crippen LogP contribution < -0.4 is 4.72 Å². The fourth-order valence-corrected chi connectivity index (χ4v) is 4.62. The van der Waals surface area contributed by atoms with Crippen molar-refractivity contribution in [2.24, 2.45) is 0 Å². The lowest BCUT2D eigenvalue weighted by molar-refractivity contribution is -0.385. The first-order chi connectivity index (χ1) is 13.0. The first-order valence-corrected chi connectivity index (χ1v) is 10.4. The van der Waals surface area contributed by atoms with Crippen LogP contribution in [0.5, 0.6) is 0 Å². The van der Waals surface area contributed by atoms with Crippen LogP contribution in [0, 0.1) is 24.0 Å². The Morgan fingerprint density at radius 1 is 1.29 bits per heavy atom. The van der Waals surface area contributed by atoms with E-state index in [1.165, 1.54) is 13.2 Å². The lowest BCUT2D eigenvalue weighted by atomic mass is 10.1.